The van der Waals surface area contributed by atoms with E-state index in [0.717, 1.165) is 38.9 Å². The highest BCUT2D eigenvalue weighted by atomic mass is 16.2. The van der Waals surface area contributed by atoms with E-state index in [1.165, 1.54) is 10.5 Å². The first-order valence-electron chi connectivity index (χ1n) is 8.44. The highest BCUT2D eigenvalue weighted by molar-refractivity contribution is 6.06. The van der Waals surface area contributed by atoms with Crippen molar-refractivity contribution in [2.75, 3.05) is 33.2 Å². The second-order valence-electron chi connectivity index (χ2n) is 6.50. The molecule has 1 aromatic carbocycles. The standard InChI is InChI=1S/C18H25N3O2/c1-3-21-17(23)19(2)16(22)18(21)10-13-20(14-11-18)12-9-15-7-5-4-6-8-15/h4-8H,3,9-14H2,1-2H3. The summed E-state index contributed by atoms with van der Waals surface area (Å²) in [6, 6.07) is 10.3. The summed E-state index contributed by atoms with van der Waals surface area (Å²) in [5, 5.41) is 0. The van der Waals surface area contributed by atoms with Gasteiger partial charge in [-0.05, 0) is 31.7 Å². The van der Waals surface area contributed by atoms with Gasteiger partial charge < -0.3 is 9.80 Å². The van der Waals surface area contributed by atoms with Gasteiger partial charge in [-0.3, -0.25) is 9.69 Å². The molecule has 0 saturated carbocycles. The zero-order valence-electron chi connectivity index (χ0n) is 14.0. The van der Waals surface area contributed by atoms with Crippen molar-refractivity contribution in [1.82, 2.24) is 14.7 Å². The van der Waals surface area contributed by atoms with Gasteiger partial charge >= 0.3 is 6.03 Å². The summed E-state index contributed by atoms with van der Waals surface area (Å²) in [6.45, 7) is 5.30. The highest BCUT2D eigenvalue weighted by Gasteiger charge is 2.56. The average molecular weight is 315 g/mol. The number of hydrogen-bond acceptors (Lipinski definition) is 3. The van der Waals surface area contributed by atoms with Gasteiger partial charge in [-0.1, -0.05) is 30.3 Å². The number of likely N-dealkylation sites (N-methyl/N-ethyl adjacent to an activating group) is 2. The maximum atomic E-state index is 12.6. The molecule has 0 aliphatic carbocycles. The van der Waals surface area contributed by atoms with E-state index >= 15 is 0 Å². The summed E-state index contributed by atoms with van der Waals surface area (Å²) in [6.07, 6.45) is 2.51. The molecule has 3 amide bonds. The van der Waals surface area contributed by atoms with Crippen molar-refractivity contribution < 1.29 is 9.59 Å². The minimum absolute atomic E-state index is 0.0212. The number of carbonyl (C=O) groups is 2. The molecule has 0 N–H and O–H groups in total. The van der Waals surface area contributed by atoms with Crippen LogP contribution in [0.4, 0.5) is 4.79 Å². The molecule has 5 nitrogen and oxygen atoms in total. The van der Waals surface area contributed by atoms with Crippen LogP contribution in [-0.4, -0.2) is 65.4 Å². The van der Waals surface area contributed by atoms with Crippen molar-refractivity contribution in [3.63, 3.8) is 0 Å². The minimum atomic E-state index is -0.593. The lowest BCUT2D eigenvalue weighted by molar-refractivity contribution is -0.134. The first-order valence-corrected chi connectivity index (χ1v) is 8.44. The number of nitrogens with zero attached hydrogens (tertiary/aromatic N) is 3. The van der Waals surface area contributed by atoms with Crippen LogP contribution in [0.5, 0.6) is 0 Å². The molecule has 1 spiro atoms. The predicted molar refractivity (Wildman–Crippen MR) is 89.1 cm³/mol. The Hall–Kier alpha value is -1.88. The molecule has 23 heavy (non-hydrogen) atoms. The van der Waals surface area contributed by atoms with Gasteiger partial charge in [-0.25, -0.2) is 4.79 Å². The quantitative estimate of drug-likeness (QED) is 0.798. The summed E-state index contributed by atoms with van der Waals surface area (Å²) in [7, 11) is 1.60. The molecule has 0 atom stereocenters. The van der Waals surface area contributed by atoms with Gasteiger partial charge in [-0.15, -0.1) is 0 Å². The fraction of sp³-hybridized carbons (Fsp3) is 0.556. The SMILES string of the molecule is CCN1C(=O)N(C)C(=O)C12CCN(CCc1ccccc1)CC2. The van der Waals surface area contributed by atoms with Crippen LogP contribution in [-0.2, 0) is 11.2 Å². The van der Waals surface area contributed by atoms with Crippen LogP contribution < -0.4 is 0 Å². The monoisotopic (exact) mass is 315 g/mol. The third kappa shape index (κ3) is 2.74. The molecular weight excluding hydrogens is 290 g/mol. The maximum Gasteiger partial charge on any atom is 0.327 e. The summed E-state index contributed by atoms with van der Waals surface area (Å²) >= 11 is 0. The van der Waals surface area contributed by atoms with Crippen molar-refractivity contribution >= 4 is 11.9 Å². The second-order valence-corrected chi connectivity index (χ2v) is 6.50. The van der Waals surface area contributed by atoms with E-state index in [0.29, 0.717) is 6.54 Å². The van der Waals surface area contributed by atoms with Crippen molar-refractivity contribution in [2.24, 2.45) is 0 Å². The normalized spacial score (nSPS) is 21.5. The minimum Gasteiger partial charge on any atom is -0.310 e. The summed E-state index contributed by atoms with van der Waals surface area (Å²) in [5.74, 6) is -0.0212. The summed E-state index contributed by atoms with van der Waals surface area (Å²) in [5.41, 5.74) is 0.749. The maximum absolute atomic E-state index is 12.6. The lowest BCUT2D eigenvalue weighted by Gasteiger charge is -2.41. The molecule has 0 aromatic heterocycles. The molecule has 5 heteroatoms. The Labute approximate surface area is 137 Å². The third-order valence-electron chi connectivity index (χ3n) is 5.30. The molecule has 2 aliphatic rings. The Morgan fingerprint density at radius 1 is 1.09 bits per heavy atom. The summed E-state index contributed by atoms with van der Waals surface area (Å²) in [4.78, 5) is 30.3. The van der Waals surface area contributed by atoms with Gasteiger partial charge in [-0.2, -0.15) is 0 Å². The Kier molecular flexibility index (Phi) is 4.39. The Bertz CT molecular complexity index is 579. The fourth-order valence-electron chi connectivity index (χ4n) is 3.88. The van der Waals surface area contributed by atoms with Crippen LogP contribution in [0.3, 0.4) is 0 Å². The number of imide groups is 1. The van der Waals surface area contributed by atoms with Crippen molar-refractivity contribution in [2.45, 2.75) is 31.7 Å². The number of carbonyl (C=O) groups excluding carboxylic acids is 2. The Morgan fingerprint density at radius 2 is 1.74 bits per heavy atom. The topological polar surface area (TPSA) is 43.9 Å². The summed E-state index contributed by atoms with van der Waals surface area (Å²) < 4.78 is 0. The molecule has 0 unspecified atom stereocenters. The van der Waals surface area contributed by atoms with Gasteiger partial charge in [0.25, 0.3) is 5.91 Å². The van der Waals surface area contributed by atoms with Crippen LogP contribution in [0.1, 0.15) is 25.3 Å². The van der Waals surface area contributed by atoms with E-state index in [-0.39, 0.29) is 11.9 Å². The lowest BCUT2D eigenvalue weighted by Crippen LogP contribution is -2.56. The zero-order chi connectivity index (χ0) is 16.4. The smallest absolute Gasteiger partial charge is 0.310 e. The Morgan fingerprint density at radius 3 is 2.35 bits per heavy atom. The predicted octanol–water partition coefficient (Wildman–Crippen LogP) is 1.98. The number of benzene rings is 1. The largest absolute Gasteiger partial charge is 0.327 e. The van der Waals surface area contributed by atoms with E-state index in [4.69, 9.17) is 0 Å². The molecule has 3 rings (SSSR count). The highest BCUT2D eigenvalue weighted by Crippen LogP contribution is 2.36. The van der Waals surface area contributed by atoms with E-state index in [1.807, 2.05) is 13.0 Å². The molecular formula is C18H25N3O2. The van der Waals surface area contributed by atoms with Gasteiger partial charge in [0, 0.05) is 33.2 Å². The number of piperidine rings is 1. The number of rotatable bonds is 4. The molecule has 0 bridgehead atoms. The van der Waals surface area contributed by atoms with E-state index < -0.39 is 5.54 Å². The van der Waals surface area contributed by atoms with Crippen LogP contribution in [0.25, 0.3) is 0 Å². The number of likely N-dealkylation sites (tertiary alicyclic amines) is 1. The van der Waals surface area contributed by atoms with Crippen LogP contribution in [0.2, 0.25) is 0 Å². The molecule has 0 radical (unpaired) electrons. The van der Waals surface area contributed by atoms with Crippen LogP contribution >= 0.6 is 0 Å². The molecule has 124 valence electrons. The zero-order valence-corrected chi connectivity index (χ0v) is 14.0. The number of urea groups is 1. The molecule has 1 aromatic rings. The van der Waals surface area contributed by atoms with Gasteiger partial charge in [0.15, 0.2) is 0 Å². The van der Waals surface area contributed by atoms with E-state index in [2.05, 4.69) is 29.2 Å². The fourth-order valence-corrected chi connectivity index (χ4v) is 3.88. The number of hydrogen-bond donors (Lipinski definition) is 0. The van der Waals surface area contributed by atoms with Crippen molar-refractivity contribution in [3.05, 3.63) is 35.9 Å². The molecule has 2 saturated heterocycles. The first kappa shape index (κ1) is 16.0. The number of amides is 3. The third-order valence-corrected chi connectivity index (χ3v) is 5.30. The van der Waals surface area contributed by atoms with Crippen molar-refractivity contribution in [3.8, 4) is 0 Å². The first-order chi connectivity index (χ1) is 11.1. The second kappa shape index (κ2) is 6.32. The molecule has 2 heterocycles. The van der Waals surface area contributed by atoms with E-state index in [9.17, 15) is 9.59 Å². The van der Waals surface area contributed by atoms with Crippen LogP contribution in [0.15, 0.2) is 30.3 Å². The van der Waals surface area contributed by atoms with Crippen LogP contribution in [0, 0.1) is 0 Å². The van der Waals surface area contributed by atoms with Gasteiger partial charge in [0.1, 0.15) is 5.54 Å². The average Bonchev–Trinajstić information content (AvgIpc) is 2.77. The lowest BCUT2D eigenvalue weighted by atomic mass is 9.85. The van der Waals surface area contributed by atoms with Crippen molar-refractivity contribution in [1.29, 1.82) is 0 Å². The van der Waals surface area contributed by atoms with E-state index in [1.54, 1.807) is 11.9 Å². The van der Waals surface area contributed by atoms with Gasteiger partial charge in [0.2, 0.25) is 0 Å². The Balaban J connectivity index is 1.61. The molecule has 2 fully saturated rings. The molecule has 2 aliphatic heterocycles. The van der Waals surface area contributed by atoms with Gasteiger partial charge in [0.05, 0.1) is 0 Å².